The summed E-state index contributed by atoms with van der Waals surface area (Å²) >= 11 is 3.83. The highest BCUT2D eigenvalue weighted by Gasteiger charge is 2.35. The molecule has 0 N–H and O–H groups in total. The number of furan rings is 1. The molecule has 0 fully saturated rings. The number of thiazole rings is 2. The zero-order valence-corrected chi connectivity index (χ0v) is 26.4. The summed E-state index contributed by atoms with van der Waals surface area (Å²) in [4.78, 5) is 48.1. The number of carbonyl (C=O) groups is 1. The van der Waals surface area contributed by atoms with Crippen molar-refractivity contribution < 1.29 is 18.9 Å². The summed E-state index contributed by atoms with van der Waals surface area (Å²) in [5, 5.41) is 11.7. The molecular weight excluding hydrogens is 645 g/mol. The molecule has 0 spiro atoms. The van der Waals surface area contributed by atoms with E-state index < -0.39 is 16.9 Å². The van der Waals surface area contributed by atoms with E-state index in [1.807, 2.05) is 60.7 Å². The number of rotatable bonds is 8. The largest absolute Gasteiger partial charge is 0.463 e. The molecule has 10 nitrogen and oxygen atoms in total. The smallest absolute Gasteiger partial charge is 0.338 e. The van der Waals surface area contributed by atoms with Crippen LogP contribution in [0.2, 0.25) is 0 Å². The Morgan fingerprint density at radius 3 is 2.57 bits per heavy atom. The molecule has 6 aromatic rings. The lowest BCUT2D eigenvalue weighted by Crippen LogP contribution is -2.39. The van der Waals surface area contributed by atoms with Crippen LogP contribution in [0.15, 0.2) is 120 Å². The topological polar surface area (TPSA) is 130 Å². The van der Waals surface area contributed by atoms with Crippen LogP contribution in [0.1, 0.15) is 29.9 Å². The quantitative estimate of drug-likeness (QED) is 0.107. The molecule has 0 bridgehead atoms. The lowest BCUT2D eigenvalue weighted by molar-refractivity contribution is -0.384. The number of esters is 1. The molecule has 4 heterocycles. The van der Waals surface area contributed by atoms with Crippen molar-refractivity contribution in [1.82, 2.24) is 9.55 Å². The molecule has 13 heteroatoms. The van der Waals surface area contributed by atoms with E-state index in [1.54, 1.807) is 35.8 Å². The monoisotopic (exact) mass is 666 g/mol. The predicted octanol–water partition coefficient (Wildman–Crippen LogP) is 6.20. The van der Waals surface area contributed by atoms with E-state index in [2.05, 4.69) is 4.98 Å². The number of fused-ring (bicyclic) bond motifs is 2. The number of ether oxygens (including phenoxy) is 1. The first-order chi connectivity index (χ1) is 22.4. The van der Waals surface area contributed by atoms with Crippen molar-refractivity contribution in [2.45, 2.75) is 22.4 Å². The van der Waals surface area contributed by atoms with Crippen LogP contribution < -0.4 is 14.9 Å². The van der Waals surface area contributed by atoms with Crippen molar-refractivity contribution in [2.75, 3.05) is 6.61 Å². The Morgan fingerprint density at radius 2 is 1.83 bits per heavy atom. The van der Waals surface area contributed by atoms with Gasteiger partial charge in [0.05, 0.1) is 43.6 Å². The van der Waals surface area contributed by atoms with Crippen molar-refractivity contribution >= 4 is 68.1 Å². The number of nitro benzene ring substituents is 1. The van der Waals surface area contributed by atoms with Crippen LogP contribution in [0.5, 0.6) is 0 Å². The average molecular weight is 667 g/mol. The van der Waals surface area contributed by atoms with Gasteiger partial charge < -0.3 is 9.15 Å². The van der Waals surface area contributed by atoms with Crippen LogP contribution in [0, 0.1) is 10.1 Å². The first kappa shape index (κ1) is 29.6. The summed E-state index contributed by atoms with van der Waals surface area (Å²) in [5.74, 6) is -0.0842. The molecule has 0 saturated carbocycles. The minimum Gasteiger partial charge on any atom is -0.463 e. The Kier molecular flexibility index (Phi) is 7.95. The molecule has 3 aromatic carbocycles. The molecule has 0 radical (unpaired) electrons. The normalized spacial score (nSPS) is 14.7. The number of hydrogen-bond acceptors (Lipinski definition) is 11. The minimum absolute atomic E-state index is 0.00854. The van der Waals surface area contributed by atoms with Gasteiger partial charge in [-0.15, -0.1) is 11.3 Å². The third-order valence-corrected chi connectivity index (χ3v) is 10.1. The number of nitrogens with zero attached hydrogens (tertiary/aromatic N) is 4. The van der Waals surface area contributed by atoms with Gasteiger partial charge in [-0.25, -0.2) is 14.8 Å². The van der Waals surface area contributed by atoms with Crippen molar-refractivity contribution in [3.63, 3.8) is 0 Å². The fourth-order valence-electron chi connectivity index (χ4n) is 5.12. The highest BCUT2D eigenvalue weighted by Crippen LogP contribution is 2.37. The van der Waals surface area contributed by atoms with E-state index in [-0.39, 0.29) is 23.4 Å². The first-order valence-corrected chi connectivity index (χ1v) is 16.5. The van der Waals surface area contributed by atoms with Crippen molar-refractivity contribution in [1.29, 1.82) is 0 Å². The highest BCUT2D eigenvalue weighted by atomic mass is 32.2. The molecule has 1 aliphatic rings. The fourth-order valence-corrected chi connectivity index (χ4v) is 8.11. The molecule has 0 aliphatic carbocycles. The maximum absolute atomic E-state index is 14.0. The van der Waals surface area contributed by atoms with Crippen LogP contribution in [-0.2, 0) is 9.53 Å². The summed E-state index contributed by atoms with van der Waals surface area (Å²) in [6.45, 7) is 1.92. The third kappa shape index (κ3) is 5.60. The second-order valence-electron chi connectivity index (χ2n) is 9.99. The number of hydrogen-bond donors (Lipinski definition) is 0. The van der Waals surface area contributed by atoms with Crippen LogP contribution >= 0.6 is 34.4 Å². The molecule has 3 aromatic heterocycles. The number of nitro groups is 1. The SMILES string of the molecule is CCOC(=O)C1=C(c2ccccc2)N=c2s/c(=C\c3ccc(Sc4nc5ccc([N+](=O)[O-])cc5s4)o3)c(=O)n2[C@H]1c1ccccc1. The summed E-state index contributed by atoms with van der Waals surface area (Å²) in [7, 11) is 0. The Balaban J connectivity index is 1.30. The van der Waals surface area contributed by atoms with Gasteiger partial charge >= 0.3 is 5.97 Å². The van der Waals surface area contributed by atoms with Crippen molar-refractivity contribution in [3.8, 4) is 0 Å². The fraction of sp³-hybridized carbons (Fsp3) is 0.0909. The standard InChI is InChI=1S/C33H22N4O6S3/c1-2-42-31(39)27-28(19-9-5-3-6-10-19)35-32-36(29(27)20-11-7-4-8-12-20)30(38)25(44-32)18-22-14-16-26(43-22)46-33-34-23-15-13-21(37(40)41)17-24(23)45-33/h3-18,29H,2H2,1H3/b25-18-/t29-/m0/s1. The molecule has 1 atom stereocenters. The number of non-ortho nitro benzene ring substituents is 1. The Morgan fingerprint density at radius 1 is 1.07 bits per heavy atom. The number of benzene rings is 3. The van der Waals surface area contributed by atoms with E-state index in [0.717, 1.165) is 11.1 Å². The highest BCUT2D eigenvalue weighted by molar-refractivity contribution is 8.01. The second kappa shape index (κ2) is 12.4. The molecular formula is C33H22N4O6S3. The lowest BCUT2D eigenvalue weighted by Gasteiger charge is -2.25. The summed E-state index contributed by atoms with van der Waals surface area (Å²) < 4.78 is 14.8. The van der Waals surface area contributed by atoms with Gasteiger partial charge in [-0.3, -0.25) is 19.5 Å². The lowest BCUT2D eigenvalue weighted by atomic mass is 9.93. The predicted molar refractivity (Wildman–Crippen MR) is 177 cm³/mol. The van der Waals surface area contributed by atoms with Crippen molar-refractivity contribution in [3.05, 3.63) is 143 Å². The third-order valence-electron chi connectivity index (χ3n) is 7.12. The van der Waals surface area contributed by atoms with Gasteiger partial charge in [0.25, 0.3) is 11.2 Å². The van der Waals surface area contributed by atoms with Gasteiger partial charge in [0.15, 0.2) is 14.2 Å². The Hall–Kier alpha value is -5.11. The van der Waals surface area contributed by atoms with Gasteiger partial charge in [0.1, 0.15) is 5.76 Å². The number of carbonyl (C=O) groups excluding carboxylic acids is 1. The van der Waals surface area contributed by atoms with Gasteiger partial charge in [-0.1, -0.05) is 72.0 Å². The molecule has 0 unspecified atom stereocenters. The first-order valence-electron chi connectivity index (χ1n) is 14.1. The van der Waals surface area contributed by atoms with Gasteiger partial charge in [-0.2, -0.15) is 0 Å². The van der Waals surface area contributed by atoms with Crippen LogP contribution in [-0.4, -0.2) is 27.1 Å². The zero-order chi connectivity index (χ0) is 31.8. The van der Waals surface area contributed by atoms with E-state index in [4.69, 9.17) is 14.1 Å². The second-order valence-corrected chi connectivity index (χ2v) is 13.3. The maximum Gasteiger partial charge on any atom is 0.338 e. The molecule has 46 heavy (non-hydrogen) atoms. The number of aromatic nitrogens is 2. The molecule has 7 rings (SSSR count). The summed E-state index contributed by atoms with van der Waals surface area (Å²) in [5.41, 5.74) is 2.59. The van der Waals surface area contributed by atoms with E-state index >= 15 is 0 Å². The van der Waals surface area contributed by atoms with Crippen LogP contribution in [0.4, 0.5) is 5.69 Å². The summed E-state index contributed by atoms with van der Waals surface area (Å²) in [6, 6.07) is 26.1. The van der Waals surface area contributed by atoms with E-state index in [9.17, 15) is 19.7 Å². The molecule has 0 amide bonds. The van der Waals surface area contributed by atoms with Gasteiger partial charge in [-0.05, 0) is 42.4 Å². The van der Waals surface area contributed by atoms with E-state index in [1.165, 1.54) is 46.6 Å². The minimum atomic E-state index is -0.758. The molecule has 228 valence electrons. The Bertz CT molecular complexity index is 2340. The van der Waals surface area contributed by atoms with Gasteiger partial charge in [0, 0.05) is 23.8 Å². The Labute approximate surface area is 272 Å². The summed E-state index contributed by atoms with van der Waals surface area (Å²) in [6.07, 6.45) is 1.66. The molecule has 1 aliphatic heterocycles. The maximum atomic E-state index is 14.0. The van der Waals surface area contributed by atoms with Crippen LogP contribution in [0.3, 0.4) is 0 Å². The van der Waals surface area contributed by atoms with E-state index in [0.29, 0.717) is 40.4 Å². The van der Waals surface area contributed by atoms with Crippen LogP contribution in [0.25, 0.3) is 22.0 Å². The molecule has 0 saturated heterocycles. The van der Waals surface area contributed by atoms with Crippen molar-refractivity contribution in [2.24, 2.45) is 4.99 Å². The average Bonchev–Trinajstić information content (AvgIpc) is 3.77. The van der Waals surface area contributed by atoms with Gasteiger partial charge in [0.2, 0.25) is 0 Å². The zero-order valence-electron chi connectivity index (χ0n) is 24.0.